The van der Waals surface area contributed by atoms with Crippen molar-refractivity contribution >= 4 is 30.1 Å². The van der Waals surface area contributed by atoms with Gasteiger partial charge in [-0.05, 0) is 42.4 Å². The average Bonchev–Trinajstić information content (AvgIpc) is 2.60. The number of rotatable bonds is 8. The highest BCUT2D eigenvalue weighted by Crippen LogP contribution is 2.16. The van der Waals surface area contributed by atoms with Crippen LogP contribution < -0.4 is 11.1 Å². The average molecular weight is 388 g/mol. The Morgan fingerprint density at radius 3 is 2.64 bits per heavy atom. The van der Waals surface area contributed by atoms with Gasteiger partial charge < -0.3 is 16.2 Å². The Labute approximate surface area is 161 Å². The van der Waals surface area contributed by atoms with E-state index in [1.165, 1.54) is 5.56 Å². The third-order valence-electron chi connectivity index (χ3n) is 4.49. The molecule has 0 aliphatic carbocycles. The molecule has 4 N–H and O–H groups in total. The summed E-state index contributed by atoms with van der Waals surface area (Å²) in [5, 5.41) is 12.6. The largest absolute Gasteiger partial charge is 0.393 e. The van der Waals surface area contributed by atoms with Crippen molar-refractivity contribution in [1.29, 1.82) is 0 Å². The highest BCUT2D eigenvalue weighted by atomic mass is 35.5. The highest BCUT2D eigenvalue weighted by Gasteiger charge is 2.18. The fourth-order valence-electron chi connectivity index (χ4n) is 2.89. The summed E-state index contributed by atoms with van der Waals surface area (Å²) in [6.07, 6.45) is 4.23. The van der Waals surface area contributed by atoms with E-state index in [4.69, 9.17) is 5.73 Å². The lowest BCUT2D eigenvalue weighted by Crippen LogP contribution is -2.40. The molecule has 1 heterocycles. The van der Waals surface area contributed by atoms with Crippen molar-refractivity contribution in [3.05, 3.63) is 35.4 Å². The van der Waals surface area contributed by atoms with E-state index in [1.807, 2.05) is 18.4 Å². The van der Waals surface area contributed by atoms with Gasteiger partial charge in [-0.1, -0.05) is 24.3 Å². The zero-order chi connectivity index (χ0) is 17.4. The van der Waals surface area contributed by atoms with Gasteiger partial charge in [0.25, 0.3) is 0 Å². The van der Waals surface area contributed by atoms with Crippen LogP contribution in [0.25, 0.3) is 0 Å². The molecule has 2 rings (SSSR count). The molecule has 0 spiro atoms. The molecule has 25 heavy (non-hydrogen) atoms. The lowest BCUT2D eigenvalue weighted by Gasteiger charge is -2.30. The molecule has 1 aromatic rings. The van der Waals surface area contributed by atoms with Crippen LogP contribution in [0.15, 0.2) is 24.3 Å². The summed E-state index contributed by atoms with van der Waals surface area (Å²) in [6.45, 7) is 3.21. The molecular formula is C18H30ClN3O2S. The second-order valence-corrected chi connectivity index (χ2v) is 7.37. The third-order valence-corrected chi connectivity index (χ3v) is 5.14. The lowest BCUT2D eigenvalue weighted by atomic mass is 10.0. The van der Waals surface area contributed by atoms with Gasteiger partial charge in [-0.2, -0.15) is 11.8 Å². The first-order valence-corrected chi connectivity index (χ1v) is 9.99. The second-order valence-electron chi connectivity index (χ2n) is 6.38. The Balaban J connectivity index is 0.00000312. The molecule has 1 aromatic carbocycles. The lowest BCUT2D eigenvalue weighted by molar-refractivity contribution is -0.122. The molecule has 5 nitrogen and oxygen atoms in total. The van der Waals surface area contributed by atoms with Gasteiger partial charge >= 0.3 is 0 Å². The minimum Gasteiger partial charge on any atom is -0.393 e. The van der Waals surface area contributed by atoms with Gasteiger partial charge in [-0.15, -0.1) is 12.4 Å². The highest BCUT2D eigenvalue weighted by molar-refractivity contribution is 7.98. The zero-order valence-corrected chi connectivity index (χ0v) is 16.5. The van der Waals surface area contributed by atoms with Crippen molar-refractivity contribution in [3.8, 4) is 0 Å². The van der Waals surface area contributed by atoms with Crippen molar-refractivity contribution in [2.24, 2.45) is 5.73 Å². The number of amides is 1. The molecular weight excluding hydrogens is 358 g/mol. The van der Waals surface area contributed by atoms with Crippen LogP contribution in [0.4, 0.5) is 0 Å². The number of benzene rings is 1. The maximum absolute atomic E-state index is 12.1. The number of hydrogen-bond donors (Lipinski definition) is 3. The minimum absolute atomic E-state index is 0. The normalized spacial score (nSPS) is 16.9. The first-order chi connectivity index (χ1) is 11.6. The Hall–Kier alpha value is -0.790. The van der Waals surface area contributed by atoms with Crippen molar-refractivity contribution in [1.82, 2.24) is 10.2 Å². The molecule has 0 bridgehead atoms. The van der Waals surface area contributed by atoms with E-state index in [9.17, 15) is 9.90 Å². The Morgan fingerprint density at radius 1 is 1.36 bits per heavy atom. The second kappa shape index (κ2) is 11.8. The Bertz CT molecular complexity index is 525. The van der Waals surface area contributed by atoms with Crippen LogP contribution in [0.1, 0.15) is 30.4 Å². The van der Waals surface area contributed by atoms with Crippen molar-refractivity contribution < 1.29 is 9.90 Å². The molecule has 0 saturated carbocycles. The predicted molar refractivity (Wildman–Crippen MR) is 107 cm³/mol. The number of aliphatic hydroxyl groups excluding tert-OH is 1. The van der Waals surface area contributed by atoms with E-state index in [1.54, 1.807) is 11.8 Å². The summed E-state index contributed by atoms with van der Waals surface area (Å²) in [6, 6.07) is 7.76. The van der Waals surface area contributed by atoms with Gasteiger partial charge in [-0.3, -0.25) is 9.69 Å². The third kappa shape index (κ3) is 7.54. The van der Waals surface area contributed by atoms with E-state index in [2.05, 4.69) is 22.3 Å². The van der Waals surface area contributed by atoms with E-state index in [0.29, 0.717) is 13.0 Å². The van der Waals surface area contributed by atoms with E-state index in [-0.39, 0.29) is 24.4 Å². The summed E-state index contributed by atoms with van der Waals surface area (Å²) < 4.78 is 0. The molecule has 0 radical (unpaired) electrons. The zero-order valence-electron chi connectivity index (χ0n) is 14.8. The van der Waals surface area contributed by atoms with E-state index in [0.717, 1.165) is 43.8 Å². The molecule has 1 aliphatic heterocycles. The van der Waals surface area contributed by atoms with E-state index >= 15 is 0 Å². The fraction of sp³-hybridized carbons (Fsp3) is 0.611. The number of carbonyl (C=O) groups excluding carboxylic acids is 1. The van der Waals surface area contributed by atoms with Crippen LogP contribution >= 0.6 is 24.2 Å². The summed E-state index contributed by atoms with van der Waals surface area (Å²) >= 11 is 1.70. The standard InChI is InChI=1S/C18H29N3O2S.ClH/c1-24-11-8-17(19)18(23)20-12-14-4-2-3-5-15(14)13-21-9-6-16(22)7-10-21;/h2-5,16-17,22H,6-13,19H2,1H3,(H,20,23);1H/t17-;/m0./s1. The van der Waals surface area contributed by atoms with Gasteiger partial charge in [-0.25, -0.2) is 0 Å². The van der Waals surface area contributed by atoms with Crippen LogP contribution in [0, 0.1) is 0 Å². The molecule has 1 atom stereocenters. The van der Waals surface area contributed by atoms with Crippen LogP contribution in [0.2, 0.25) is 0 Å². The molecule has 1 fully saturated rings. The first kappa shape index (κ1) is 22.3. The molecule has 0 aromatic heterocycles. The van der Waals surface area contributed by atoms with Crippen LogP contribution in [0.5, 0.6) is 0 Å². The Morgan fingerprint density at radius 2 is 2.00 bits per heavy atom. The topological polar surface area (TPSA) is 78.6 Å². The number of nitrogens with one attached hydrogen (secondary N) is 1. The van der Waals surface area contributed by atoms with Crippen LogP contribution in [-0.2, 0) is 17.9 Å². The van der Waals surface area contributed by atoms with Gasteiger partial charge in [0.05, 0.1) is 12.1 Å². The number of aliphatic hydroxyl groups is 1. The Kier molecular flexibility index (Phi) is 10.5. The van der Waals surface area contributed by atoms with E-state index < -0.39 is 6.04 Å². The number of carbonyl (C=O) groups is 1. The number of thioether (sulfide) groups is 1. The maximum atomic E-state index is 12.1. The van der Waals surface area contributed by atoms with Crippen molar-refractivity contribution in [2.75, 3.05) is 25.1 Å². The number of hydrogen-bond acceptors (Lipinski definition) is 5. The molecule has 1 saturated heterocycles. The quantitative estimate of drug-likeness (QED) is 0.633. The van der Waals surface area contributed by atoms with Crippen LogP contribution in [0.3, 0.4) is 0 Å². The number of nitrogens with two attached hydrogens (primary N) is 1. The van der Waals surface area contributed by atoms with Crippen LogP contribution in [-0.4, -0.2) is 53.2 Å². The van der Waals surface area contributed by atoms with Gasteiger partial charge in [0.2, 0.25) is 5.91 Å². The van der Waals surface area contributed by atoms with Gasteiger partial charge in [0, 0.05) is 26.2 Å². The minimum atomic E-state index is -0.437. The maximum Gasteiger partial charge on any atom is 0.237 e. The summed E-state index contributed by atoms with van der Waals surface area (Å²) in [7, 11) is 0. The molecule has 1 aliphatic rings. The summed E-state index contributed by atoms with van der Waals surface area (Å²) in [5.74, 6) is 0.811. The summed E-state index contributed by atoms with van der Waals surface area (Å²) in [4.78, 5) is 14.4. The predicted octanol–water partition coefficient (Wildman–Crippen LogP) is 1.76. The molecule has 0 unspecified atom stereocenters. The molecule has 1 amide bonds. The monoisotopic (exact) mass is 387 g/mol. The fourth-order valence-corrected chi connectivity index (χ4v) is 3.38. The number of piperidine rings is 1. The van der Waals surface area contributed by atoms with Crippen molar-refractivity contribution in [2.45, 2.75) is 44.5 Å². The smallest absolute Gasteiger partial charge is 0.237 e. The molecule has 142 valence electrons. The SMILES string of the molecule is CSCC[C@H](N)C(=O)NCc1ccccc1CN1CCC(O)CC1.Cl. The summed E-state index contributed by atoms with van der Waals surface area (Å²) in [5.41, 5.74) is 8.27. The van der Waals surface area contributed by atoms with Crippen molar-refractivity contribution in [3.63, 3.8) is 0 Å². The van der Waals surface area contributed by atoms with Gasteiger partial charge in [0.15, 0.2) is 0 Å². The number of nitrogens with zero attached hydrogens (tertiary/aromatic N) is 1. The molecule has 7 heteroatoms. The first-order valence-electron chi connectivity index (χ1n) is 8.59. The number of halogens is 1. The van der Waals surface area contributed by atoms with Gasteiger partial charge in [0.1, 0.15) is 0 Å². The number of likely N-dealkylation sites (tertiary alicyclic amines) is 1.